The van der Waals surface area contributed by atoms with Gasteiger partial charge in [-0.15, -0.1) is 0 Å². The molecular formula is C10H18N2O3. The Hall–Kier alpha value is -1.10. The standard InChI is InChI=1S/C10H18N2O3/c11-5-1-2-9(13)12-8-4-3-7(6-8)10(14)15/h7-8H,1-6,11H2,(H,12,13)(H,14,15)/t7-,8+/m1/s1. The van der Waals surface area contributed by atoms with E-state index in [-0.39, 0.29) is 17.9 Å². The molecule has 0 radical (unpaired) electrons. The Balaban J connectivity index is 2.23. The van der Waals surface area contributed by atoms with Crippen molar-refractivity contribution in [1.82, 2.24) is 5.32 Å². The van der Waals surface area contributed by atoms with Crippen molar-refractivity contribution in [2.75, 3.05) is 6.54 Å². The van der Waals surface area contributed by atoms with Crippen LogP contribution in [0.5, 0.6) is 0 Å². The van der Waals surface area contributed by atoms with E-state index in [9.17, 15) is 9.59 Å². The van der Waals surface area contributed by atoms with Gasteiger partial charge in [0.15, 0.2) is 0 Å². The van der Waals surface area contributed by atoms with Crippen LogP contribution in [0.2, 0.25) is 0 Å². The number of nitrogens with two attached hydrogens (primary N) is 1. The minimum absolute atomic E-state index is 0.0171. The van der Waals surface area contributed by atoms with Crippen molar-refractivity contribution in [3.05, 3.63) is 0 Å². The summed E-state index contributed by atoms with van der Waals surface area (Å²) in [7, 11) is 0. The summed E-state index contributed by atoms with van der Waals surface area (Å²) in [6.45, 7) is 0.510. The highest BCUT2D eigenvalue weighted by Crippen LogP contribution is 2.25. The molecule has 1 aliphatic rings. The van der Waals surface area contributed by atoms with Gasteiger partial charge >= 0.3 is 5.97 Å². The van der Waals surface area contributed by atoms with Crippen LogP contribution < -0.4 is 11.1 Å². The number of hydrogen-bond acceptors (Lipinski definition) is 3. The molecule has 1 fully saturated rings. The maximum absolute atomic E-state index is 11.3. The van der Waals surface area contributed by atoms with Gasteiger partial charge in [0.25, 0.3) is 0 Å². The van der Waals surface area contributed by atoms with Gasteiger partial charge in [-0.25, -0.2) is 0 Å². The number of nitrogens with one attached hydrogen (secondary N) is 1. The number of carboxylic acids is 1. The maximum Gasteiger partial charge on any atom is 0.306 e. The lowest BCUT2D eigenvalue weighted by Gasteiger charge is -2.11. The monoisotopic (exact) mass is 214 g/mol. The fourth-order valence-corrected chi connectivity index (χ4v) is 1.90. The van der Waals surface area contributed by atoms with Gasteiger partial charge in [-0.1, -0.05) is 0 Å². The van der Waals surface area contributed by atoms with E-state index >= 15 is 0 Å². The van der Waals surface area contributed by atoms with Gasteiger partial charge < -0.3 is 16.2 Å². The number of hydrogen-bond donors (Lipinski definition) is 3. The van der Waals surface area contributed by atoms with E-state index in [1.54, 1.807) is 0 Å². The molecule has 1 aliphatic carbocycles. The van der Waals surface area contributed by atoms with Crippen molar-refractivity contribution >= 4 is 11.9 Å². The molecule has 0 heterocycles. The second kappa shape index (κ2) is 5.70. The summed E-state index contributed by atoms with van der Waals surface area (Å²) in [4.78, 5) is 22.0. The third-order valence-corrected chi connectivity index (χ3v) is 2.75. The lowest BCUT2D eigenvalue weighted by atomic mass is 10.1. The SMILES string of the molecule is NCCCC(=O)N[C@H]1CC[C@@H](C(=O)O)C1. The molecule has 0 saturated heterocycles. The molecule has 15 heavy (non-hydrogen) atoms. The Morgan fingerprint density at radius 2 is 2.13 bits per heavy atom. The summed E-state index contributed by atoms with van der Waals surface area (Å²) < 4.78 is 0. The van der Waals surface area contributed by atoms with Crippen LogP contribution in [-0.2, 0) is 9.59 Å². The molecule has 2 atom stereocenters. The van der Waals surface area contributed by atoms with E-state index in [4.69, 9.17) is 10.8 Å². The molecule has 1 saturated carbocycles. The zero-order valence-corrected chi connectivity index (χ0v) is 8.74. The van der Waals surface area contributed by atoms with Crippen molar-refractivity contribution in [1.29, 1.82) is 0 Å². The van der Waals surface area contributed by atoms with Crippen LogP contribution in [0.15, 0.2) is 0 Å². The molecular weight excluding hydrogens is 196 g/mol. The summed E-state index contributed by atoms with van der Waals surface area (Å²) in [5.41, 5.74) is 5.29. The van der Waals surface area contributed by atoms with E-state index in [2.05, 4.69) is 5.32 Å². The molecule has 0 spiro atoms. The number of carbonyl (C=O) groups excluding carboxylic acids is 1. The van der Waals surface area contributed by atoms with Gasteiger partial charge in [0.2, 0.25) is 5.91 Å². The van der Waals surface area contributed by atoms with Gasteiger partial charge in [0.05, 0.1) is 5.92 Å². The predicted octanol–water partition coefficient (Wildman–Crippen LogP) is 0.0948. The lowest BCUT2D eigenvalue weighted by molar-refractivity contribution is -0.141. The highest BCUT2D eigenvalue weighted by Gasteiger charge is 2.30. The second-order valence-corrected chi connectivity index (χ2v) is 4.00. The largest absolute Gasteiger partial charge is 0.481 e. The van der Waals surface area contributed by atoms with Crippen molar-refractivity contribution in [3.63, 3.8) is 0 Å². The van der Waals surface area contributed by atoms with Gasteiger partial charge in [-0.05, 0) is 32.2 Å². The van der Waals surface area contributed by atoms with Crippen LogP contribution in [0.25, 0.3) is 0 Å². The van der Waals surface area contributed by atoms with Gasteiger partial charge in [0, 0.05) is 12.5 Å². The molecule has 0 aromatic rings. The Morgan fingerprint density at radius 1 is 1.40 bits per heavy atom. The van der Waals surface area contributed by atoms with Gasteiger partial charge in [0.1, 0.15) is 0 Å². The number of aliphatic carboxylic acids is 1. The van der Waals surface area contributed by atoms with Gasteiger partial charge in [-0.2, -0.15) is 0 Å². The second-order valence-electron chi connectivity index (χ2n) is 4.00. The zero-order chi connectivity index (χ0) is 11.3. The molecule has 0 aromatic heterocycles. The van der Waals surface area contributed by atoms with Crippen LogP contribution in [-0.4, -0.2) is 29.6 Å². The third kappa shape index (κ3) is 3.87. The molecule has 1 rings (SSSR count). The molecule has 0 unspecified atom stereocenters. The van der Waals surface area contributed by atoms with Crippen LogP contribution in [0, 0.1) is 5.92 Å². The lowest BCUT2D eigenvalue weighted by Crippen LogP contribution is -2.33. The smallest absolute Gasteiger partial charge is 0.306 e. The number of amides is 1. The highest BCUT2D eigenvalue weighted by atomic mass is 16.4. The van der Waals surface area contributed by atoms with Crippen LogP contribution >= 0.6 is 0 Å². The predicted molar refractivity (Wildman–Crippen MR) is 55.2 cm³/mol. The first-order valence-corrected chi connectivity index (χ1v) is 5.35. The molecule has 5 nitrogen and oxygen atoms in total. The number of carboxylic acid groups (broad SMARTS) is 1. The third-order valence-electron chi connectivity index (χ3n) is 2.75. The van der Waals surface area contributed by atoms with Crippen molar-refractivity contribution in [3.8, 4) is 0 Å². The Bertz CT molecular complexity index is 243. The van der Waals surface area contributed by atoms with E-state index in [1.807, 2.05) is 0 Å². The highest BCUT2D eigenvalue weighted by molar-refractivity contribution is 5.76. The Labute approximate surface area is 89.0 Å². The van der Waals surface area contributed by atoms with E-state index in [0.29, 0.717) is 32.2 Å². The summed E-state index contributed by atoms with van der Waals surface area (Å²) in [5.74, 6) is -1.06. The van der Waals surface area contributed by atoms with E-state index in [1.165, 1.54) is 0 Å². The Kier molecular flexibility index (Phi) is 4.55. The van der Waals surface area contributed by atoms with Crippen molar-refractivity contribution < 1.29 is 14.7 Å². The molecule has 5 heteroatoms. The minimum Gasteiger partial charge on any atom is -0.481 e. The molecule has 86 valence electrons. The first kappa shape index (κ1) is 12.0. The molecule has 1 amide bonds. The number of carbonyl (C=O) groups is 2. The summed E-state index contributed by atoms with van der Waals surface area (Å²) in [6, 6.07) is 0.0383. The molecule has 0 aliphatic heterocycles. The molecule has 0 bridgehead atoms. The minimum atomic E-state index is -0.756. The van der Waals surface area contributed by atoms with Crippen molar-refractivity contribution in [2.45, 2.75) is 38.1 Å². The average molecular weight is 214 g/mol. The van der Waals surface area contributed by atoms with Crippen LogP contribution in [0.4, 0.5) is 0 Å². The average Bonchev–Trinajstić information content (AvgIpc) is 2.63. The summed E-state index contributed by atoms with van der Waals surface area (Å²) in [5, 5.41) is 11.6. The van der Waals surface area contributed by atoms with Gasteiger partial charge in [-0.3, -0.25) is 9.59 Å². The van der Waals surface area contributed by atoms with Crippen molar-refractivity contribution in [2.24, 2.45) is 11.7 Å². The topological polar surface area (TPSA) is 92.4 Å². The zero-order valence-electron chi connectivity index (χ0n) is 8.74. The maximum atomic E-state index is 11.3. The van der Waals surface area contributed by atoms with Crippen LogP contribution in [0.1, 0.15) is 32.1 Å². The quantitative estimate of drug-likeness (QED) is 0.605. The fraction of sp³-hybridized carbons (Fsp3) is 0.800. The fourth-order valence-electron chi connectivity index (χ4n) is 1.90. The molecule has 4 N–H and O–H groups in total. The summed E-state index contributed by atoms with van der Waals surface area (Å²) in [6.07, 6.45) is 3.11. The normalized spacial score (nSPS) is 25.1. The first-order chi connectivity index (χ1) is 7.13. The first-order valence-electron chi connectivity index (χ1n) is 5.35. The van der Waals surface area contributed by atoms with E-state index < -0.39 is 5.97 Å². The van der Waals surface area contributed by atoms with E-state index in [0.717, 1.165) is 6.42 Å². The molecule has 0 aromatic carbocycles. The number of rotatable bonds is 5. The van der Waals surface area contributed by atoms with Crippen LogP contribution in [0.3, 0.4) is 0 Å². The Morgan fingerprint density at radius 3 is 2.67 bits per heavy atom. The summed E-state index contributed by atoms with van der Waals surface area (Å²) >= 11 is 0.